The first kappa shape index (κ1) is 19.0. The van der Waals surface area contributed by atoms with Crippen LogP contribution in [0, 0.1) is 3.57 Å². The first-order valence-electron chi connectivity index (χ1n) is 5.42. The summed E-state index contributed by atoms with van der Waals surface area (Å²) >= 11 is -3.60. The van der Waals surface area contributed by atoms with Crippen molar-refractivity contribution in [1.82, 2.24) is 0 Å². The Balaban J connectivity index is 2.66. The van der Waals surface area contributed by atoms with Crippen molar-refractivity contribution in [2.75, 3.05) is 13.4 Å². The molecule has 0 bridgehead atoms. The van der Waals surface area contributed by atoms with E-state index in [0.29, 0.717) is 0 Å². The second-order valence-electron chi connectivity index (χ2n) is 3.57. The maximum absolute atomic E-state index is 12.2. The van der Waals surface area contributed by atoms with Crippen molar-refractivity contribution < 1.29 is 42.0 Å². The van der Waals surface area contributed by atoms with Crippen LogP contribution in [0.1, 0.15) is 0 Å². The number of ether oxygens (including phenoxy) is 1. The number of benzene rings is 1. The first-order chi connectivity index (χ1) is 10.1. The summed E-state index contributed by atoms with van der Waals surface area (Å²) in [6, 6.07) is 7.17. The Morgan fingerprint density at radius 1 is 1.05 bits per heavy atom. The van der Waals surface area contributed by atoms with E-state index in [2.05, 4.69) is 7.80 Å². The summed E-state index contributed by atoms with van der Waals surface area (Å²) in [5.74, 6) is -2.46. The molecule has 0 aromatic heterocycles. The Labute approximate surface area is 128 Å². The monoisotopic (exact) mass is 446 g/mol. The summed E-state index contributed by atoms with van der Waals surface area (Å²) in [5, 5.41) is 0. The Bertz CT molecular complexity index is 476. The van der Waals surface area contributed by atoms with Gasteiger partial charge in [-0.2, -0.15) is 0 Å². The van der Waals surface area contributed by atoms with Gasteiger partial charge in [0.15, 0.2) is 0 Å². The van der Waals surface area contributed by atoms with Gasteiger partial charge in [-0.3, -0.25) is 0 Å². The maximum atomic E-state index is 12.2. The molecule has 4 nitrogen and oxygen atoms in total. The van der Waals surface area contributed by atoms with Crippen molar-refractivity contribution in [2.45, 2.75) is 12.4 Å². The van der Waals surface area contributed by atoms with Gasteiger partial charge in [-0.15, -0.1) is 0 Å². The molecular weight excluding hydrogens is 437 g/mol. The van der Waals surface area contributed by atoms with E-state index in [1.165, 1.54) is 24.3 Å². The average molecular weight is 446 g/mol. The summed E-state index contributed by atoms with van der Waals surface area (Å²) in [4.78, 5) is 10.8. The molecule has 0 amide bonds. The Hall–Kier alpha value is -1.08. The summed E-state index contributed by atoms with van der Waals surface area (Å²) < 4.78 is 85.5. The molecule has 0 unspecified atom stereocenters. The van der Waals surface area contributed by atoms with Crippen LogP contribution in [0.2, 0.25) is 0 Å². The summed E-state index contributed by atoms with van der Waals surface area (Å²) in [6.45, 7) is -2.57. The van der Waals surface area contributed by atoms with E-state index < -0.39 is 52.4 Å². The fourth-order valence-electron chi connectivity index (χ4n) is 0.984. The standard InChI is InChI=1S/C11H9F6IO4/c12-10(13,14)6-20-7-21-18(8-4-2-1-3-5-8)22-9(19)11(15,16)17/h1-5H,6-7H2. The second kappa shape index (κ2) is 7.97. The van der Waals surface area contributed by atoms with Gasteiger partial charge in [0.25, 0.3) is 0 Å². The molecule has 0 fully saturated rings. The van der Waals surface area contributed by atoms with Gasteiger partial charge in [0.1, 0.15) is 0 Å². The number of halogens is 7. The van der Waals surface area contributed by atoms with Crippen LogP contribution in [0.25, 0.3) is 0 Å². The predicted octanol–water partition coefficient (Wildman–Crippen LogP) is 3.85. The van der Waals surface area contributed by atoms with E-state index in [4.69, 9.17) is 3.07 Å². The van der Waals surface area contributed by atoms with Crippen LogP contribution >= 0.6 is 20.6 Å². The van der Waals surface area contributed by atoms with Gasteiger partial charge in [0.2, 0.25) is 0 Å². The molecule has 0 aliphatic heterocycles. The number of hydrogen-bond acceptors (Lipinski definition) is 4. The van der Waals surface area contributed by atoms with Gasteiger partial charge in [-0.05, 0) is 0 Å². The summed E-state index contributed by atoms with van der Waals surface area (Å²) in [5.41, 5.74) is 0. The Morgan fingerprint density at radius 2 is 1.64 bits per heavy atom. The van der Waals surface area contributed by atoms with Crippen LogP contribution in [0.15, 0.2) is 30.3 Å². The van der Waals surface area contributed by atoms with Gasteiger partial charge in [0, 0.05) is 0 Å². The Kier molecular flexibility index (Phi) is 6.87. The molecule has 1 aromatic carbocycles. The van der Waals surface area contributed by atoms with Crippen molar-refractivity contribution in [3.8, 4) is 0 Å². The normalized spacial score (nSPS) is 12.9. The second-order valence-corrected chi connectivity index (χ2v) is 7.12. The minimum absolute atomic E-state index is 0.167. The number of carbonyl (C=O) groups is 1. The average Bonchev–Trinajstić information content (AvgIpc) is 2.40. The molecule has 0 saturated carbocycles. The molecule has 0 N–H and O–H groups in total. The molecule has 126 valence electrons. The van der Waals surface area contributed by atoms with Crippen molar-refractivity contribution in [2.24, 2.45) is 0 Å². The molecule has 0 aliphatic carbocycles. The third-order valence-corrected chi connectivity index (χ3v) is 5.13. The van der Waals surface area contributed by atoms with E-state index in [-0.39, 0.29) is 3.57 Å². The zero-order valence-corrected chi connectivity index (χ0v) is 12.7. The van der Waals surface area contributed by atoms with E-state index in [9.17, 15) is 31.1 Å². The minimum atomic E-state index is -5.22. The molecule has 0 heterocycles. The predicted molar refractivity (Wildman–Crippen MR) is 69.3 cm³/mol. The Morgan fingerprint density at radius 3 is 2.14 bits per heavy atom. The number of alkyl halides is 6. The molecule has 0 radical (unpaired) electrons. The van der Waals surface area contributed by atoms with Crippen molar-refractivity contribution in [3.05, 3.63) is 33.9 Å². The van der Waals surface area contributed by atoms with Gasteiger partial charge in [0.05, 0.1) is 0 Å². The summed E-state index contributed by atoms with van der Waals surface area (Å²) in [6.07, 6.45) is -9.82. The third-order valence-electron chi connectivity index (χ3n) is 1.78. The quantitative estimate of drug-likeness (QED) is 0.289. The summed E-state index contributed by atoms with van der Waals surface area (Å²) in [7, 11) is 0. The van der Waals surface area contributed by atoms with Crippen molar-refractivity contribution in [1.29, 1.82) is 0 Å². The molecular formula is C11H9F6IO4. The molecule has 22 heavy (non-hydrogen) atoms. The molecule has 1 rings (SSSR count). The molecule has 0 spiro atoms. The van der Waals surface area contributed by atoms with Crippen molar-refractivity contribution in [3.63, 3.8) is 0 Å². The van der Waals surface area contributed by atoms with Gasteiger partial charge in [-0.25, -0.2) is 0 Å². The van der Waals surface area contributed by atoms with Crippen LogP contribution in [0.4, 0.5) is 26.3 Å². The van der Waals surface area contributed by atoms with E-state index >= 15 is 0 Å². The molecule has 0 atom stereocenters. The molecule has 1 aromatic rings. The van der Waals surface area contributed by atoms with Crippen LogP contribution in [-0.4, -0.2) is 31.7 Å². The van der Waals surface area contributed by atoms with Crippen LogP contribution in [0.5, 0.6) is 0 Å². The fraction of sp³-hybridized carbons (Fsp3) is 0.364. The SMILES string of the molecule is O=C(OI(OCOCC(F)(F)F)c1ccccc1)C(F)(F)F. The van der Waals surface area contributed by atoms with Crippen LogP contribution in [-0.2, 0) is 15.7 Å². The van der Waals surface area contributed by atoms with E-state index in [1.54, 1.807) is 6.07 Å². The van der Waals surface area contributed by atoms with Crippen LogP contribution < -0.4 is 0 Å². The molecule has 11 heteroatoms. The fourth-order valence-corrected chi connectivity index (χ4v) is 3.75. The number of rotatable bonds is 6. The molecule has 0 saturated heterocycles. The number of hydrogen-bond donors (Lipinski definition) is 0. The third kappa shape index (κ3) is 7.26. The van der Waals surface area contributed by atoms with E-state index in [1.807, 2.05) is 0 Å². The number of carbonyl (C=O) groups excluding carboxylic acids is 1. The first-order valence-corrected chi connectivity index (χ1v) is 8.26. The van der Waals surface area contributed by atoms with Crippen molar-refractivity contribution >= 4 is 26.6 Å². The topological polar surface area (TPSA) is 44.8 Å². The zero-order chi connectivity index (χ0) is 16.8. The van der Waals surface area contributed by atoms with Gasteiger partial charge >= 0.3 is 128 Å². The van der Waals surface area contributed by atoms with Gasteiger partial charge < -0.3 is 0 Å². The van der Waals surface area contributed by atoms with Gasteiger partial charge in [-0.1, -0.05) is 0 Å². The van der Waals surface area contributed by atoms with E-state index in [0.717, 1.165) is 0 Å². The molecule has 0 aliphatic rings. The zero-order valence-electron chi connectivity index (χ0n) is 10.6. The van der Waals surface area contributed by atoms with Crippen LogP contribution in [0.3, 0.4) is 0 Å².